The number of hydrogen-bond donors (Lipinski definition) is 8. The number of carbonyl (C=O) groups is 2. The smallest absolute Gasteiger partial charge is 0.390 e. The van der Waals surface area contributed by atoms with Crippen molar-refractivity contribution in [2.45, 2.75) is 32.1 Å². The van der Waals surface area contributed by atoms with E-state index < -0.39 is 23.8 Å². The van der Waals surface area contributed by atoms with Crippen molar-refractivity contribution in [3.63, 3.8) is 0 Å². The number of methoxy groups -OCH3 is 1. The van der Waals surface area contributed by atoms with Gasteiger partial charge < -0.3 is 45.6 Å². The Morgan fingerprint density at radius 2 is 1.80 bits per heavy atom. The zero-order valence-electron chi connectivity index (χ0n) is 21.4. The minimum Gasteiger partial charge on any atom is -0.494 e. The molecule has 8 N–H and O–H groups in total. The number of carbonyl (C=O) groups excluding carboxylic acids is 2. The standard InChI is InChI=1S/C22H27N9O9/c1-11(2)29-7-8-30(20(29)33)15-9-14(16(27-26-15)19(32)25-21(34,35)36)24-13-6-4-5-12(17(13)40-3)18-23-10-31(28-18)22(37,38)39/h4-6,9-11,34-39H,7-8H2,1-3H3,(H,24,26)(H,25,32). The maximum atomic E-state index is 12.9. The van der Waals surface area contributed by atoms with E-state index in [9.17, 15) is 40.2 Å². The molecule has 1 aliphatic rings. The van der Waals surface area contributed by atoms with Gasteiger partial charge >= 0.3 is 18.2 Å². The highest BCUT2D eigenvalue weighted by molar-refractivity contribution is 6.00. The Morgan fingerprint density at radius 3 is 2.38 bits per heavy atom. The third kappa shape index (κ3) is 5.91. The maximum absolute atomic E-state index is 12.9. The van der Waals surface area contributed by atoms with Gasteiger partial charge in [-0.3, -0.25) is 15.0 Å². The molecule has 18 heteroatoms. The van der Waals surface area contributed by atoms with E-state index >= 15 is 0 Å². The molecule has 1 aliphatic heterocycles. The molecule has 1 fully saturated rings. The van der Waals surface area contributed by atoms with E-state index in [1.165, 1.54) is 35.5 Å². The SMILES string of the molecule is COc1c(Nc2cc(N3CCN(C(C)C)C3=O)nnc2C(=O)NC(O)(O)O)cccc1-c1ncn(C(O)(O)O)n1. The fourth-order valence-corrected chi connectivity index (χ4v) is 3.94. The summed E-state index contributed by atoms with van der Waals surface area (Å²) in [5, 5.41) is 71.9. The fraction of sp³-hybridized carbons (Fsp3) is 0.364. The lowest BCUT2D eigenvalue weighted by Crippen LogP contribution is -2.48. The van der Waals surface area contributed by atoms with Gasteiger partial charge in [0.25, 0.3) is 5.91 Å². The van der Waals surface area contributed by atoms with E-state index in [1.807, 2.05) is 13.8 Å². The van der Waals surface area contributed by atoms with Gasteiger partial charge in [-0.05, 0) is 26.0 Å². The number of para-hydroxylation sites is 1. The second-order valence-corrected chi connectivity index (χ2v) is 8.90. The van der Waals surface area contributed by atoms with Crippen LogP contribution in [-0.4, -0.2) is 105 Å². The Balaban J connectivity index is 1.77. The summed E-state index contributed by atoms with van der Waals surface area (Å²) in [4.78, 5) is 32.5. The van der Waals surface area contributed by atoms with Crippen molar-refractivity contribution in [1.29, 1.82) is 0 Å². The fourth-order valence-electron chi connectivity index (χ4n) is 3.94. The van der Waals surface area contributed by atoms with Crippen molar-refractivity contribution in [2.24, 2.45) is 0 Å². The number of rotatable bonds is 9. The van der Waals surface area contributed by atoms with Gasteiger partial charge in [0.15, 0.2) is 23.1 Å². The van der Waals surface area contributed by atoms with Crippen LogP contribution >= 0.6 is 0 Å². The molecule has 0 saturated carbocycles. The molecule has 0 atom stereocenters. The molecule has 18 nitrogen and oxygen atoms in total. The molecule has 4 rings (SSSR count). The Kier molecular flexibility index (Phi) is 7.57. The minimum atomic E-state index is -3.55. The maximum Gasteiger partial charge on any atom is 0.390 e. The molecule has 214 valence electrons. The first-order valence-corrected chi connectivity index (χ1v) is 11.7. The highest BCUT2D eigenvalue weighted by Crippen LogP contribution is 2.37. The summed E-state index contributed by atoms with van der Waals surface area (Å²) in [6.07, 6.45) is -5.98. The second-order valence-electron chi connectivity index (χ2n) is 8.90. The summed E-state index contributed by atoms with van der Waals surface area (Å²) in [5.41, 5.74) is -0.131. The van der Waals surface area contributed by atoms with Crippen LogP contribution in [0, 0.1) is 0 Å². The van der Waals surface area contributed by atoms with Crippen LogP contribution in [0.25, 0.3) is 11.4 Å². The molecule has 0 bridgehead atoms. The number of aromatic nitrogens is 5. The van der Waals surface area contributed by atoms with Crippen LogP contribution in [0.4, 0.5) is 22.0 Å². The molecular formula is C22H27N9O9. The number of hydrogen-bond acceptors (Lipinski definition) is 14. The molecule has 3 aromatic rings. The van der Waals surface area contributed by atoms with Crippen LogP contribution in [0.3, 0.4) is 0 Å². The molecule has 0 unspecified atom stereocenters. The summed E-state index contributed by atoms with van der Waals surface area (Å²) in [5.74, 6) is -1.12. The van der Waals surface area contributed by atoms with Crippen LogP contribution in [-0.2, 0) is 6.10 Å². The molecule has 0 spiro atoms. The van der Waals surface area contributed by atoms with Gasteiger partial charge in [-0.2, -0.15) is 4.68 Å². The Hall–Kier alpha value is -4.46. The number of anilines is 3. The average molecular weight is 562 g/mol. The van der Waals surface area contributed by atoms with Crippen LogP contribution in [0.2, 0.25) is 0 Å². The van der Waals surface area contributed by atoms with Crippen LogP contribution in [0.15, 0.2) is 30.6 Å². The first-order valence-electron chi connectivity index (χ1n) is 11.7. The second kappa shape index (κ2) is 10.6. The van der Waals surface area contributed by atoms with E-state index in [1.54, 1.807) is 11.0 Å². The number of benzene rings is 1. The molecule has 0 radical (unpaired) electrons. The van der Waals surface area contributed by atoms with E-state index in [4.69, 9.17) is 4.74 Å². The molecule has 1 aromatic carbocycles. The Morgan fingerprint density at radius 1 is 1.07 bits per heavy atom. The van der Waals surface area contributed by atoms with Crippen LogP contribution in [0.1, 0.15) is 24.3 Å². The molecule has 2 aromatic heterocycles. The first-order chi connectivity index (χ1) is 18.7. The Bertz CT molecular complexity index is 1420. The van der Waals surface area contributed by atoms with Crippen LogP contribution in [0.5, 0.6) is 5.75 Å². The van der Waals surface area contributed by atoms with Gasteiger partial charge in [0.2, 0.25) is 0 Å². The summed E-state index contributed by atoms with van der Waals surface area (Å²) < 4.78 is 5.89. The molecule has 3 amide bonds. The van der Waals surface area contributed by atoms with Crippen LogP contribution < -0.4 is 20.3 Å². The normalized spacial score (nSPS) is 14.2. The topological polar surface area (TPSA) is 252 Å². The third-order valence-electron chi connectivity index (χ3n) is 5.75. The lowest BCUT2D eigenvalue weighted by Gasteiger charge is -2.22. The number of urea groups is 1. The largest absolute Gasteiger partial charge is 0.494 e. The summed E-state index contributed by atoms with van der Waals surface area (Å²) >= 11 is 0. The molecule has 3 heterocycles. The van der Waals surface area contributed by atoms with Gasteiger partial charge in [-0.1, -0.05) is 6.07 Å². The van der Waals surface area contributed by atoms with E-state index in [2.05, 4.69) is 25.6 Å². The lowest BCUT2D eigenvalue weighted by molar-refractivity contribution is -0.381. The van der Waals surface area contributed by atoms with Crippen molar-refractivity contribution in [1.82, 2.24) is 35.2 Å². The number of nitrogens with one attached hydrogen (secondary N) is 2. The van der Waals surface area contributed by atoms with Crippen molar-refractivity contribution in [2.75, 3.05) is 30.4 Å². The first kappa shape index (κ1) is 28.5. The minimum absolute atomic E-state index is 0.0726. The third-order valence-corrected chi connectivity index (χ3v) is 5.75. The highest BCUT2D eigenvalue weighted by Gasteiger charge is 2.34. The predicted octanol–water partition coefficient (Wildman–Crippen LogP) is -2.00. The van der Waals surface area contributed by atoms with Gasteiger partial charge in [0.1, 0.15) is 6.33 Å². The lowest BCUT2D eigenvalue weighted by atomic mass is 10.1. The predicted molar refractivity (Wildman–Crippen MR) is 133 cm³/mol. The molecule has 0 aliphatic carbocycles. The molecule has 40 heavy (non-hydrogen) atoms. The quantitative estimate of drug-likeness (QED) is 0.132. The number of nitrogens with zero attached hydrogens (tertiary/aromatic N) is 7. The van der Waals surface area contributed by atoms with Gasteiger partial charge in [-0.15, -0.1) is 15.3 Å². The van der Waals surface area contributed by atoms with E-state index in [0.29, 0.717) is 17.8 Å². The Labute approximate surface area is 225 Å². The van der Waals surface area contributed by atoms with Gasteiger partial charge in [-0.25, -0.2) is 9.78 Å². The average Bonchev–Trinajstić information content (AvgIpc) is 3.50. The number of amides is 3. The monoisotopic (exact) mass is 561 g/mol. The zero-order chi connectivity index (χ0) is 29.4. The van der Waals surface area contributed by atoms with Crippen molar-refractivity contribution in [3.05, 3.63) is 36.3 Å². The van der Waals surface area contributed by atoms with Gasteiger partial charge in [0, 0.05) is 25.2 Å². The van der Waals surface area contributed by atoms with Crippen molar-refractivity contribution < 1.29 is 45.0 Å². The number of aliphatic hydroxyl groups is 6. The summed E-state index contributed by atoms with van der Waals surface area (Å²) in [6, 6.07) is 5.53. The molecule has 1 saturated heterocycles. The van der Waals surface area contributed by atoms with Crippen molar-refractivity contribution in [3.8, 4) is 17.1 Å². The zero-order valence-corrected chi connectivity index (χ0v) is 21.4. The highest BCUT2D eigenvalue weighted by atomic mass is 16.7. The summed E-state index contributed by atoms with van der Waals surface area (Å²) in [7, 11) is 1.32. The summed E-state index contributed by atoms with van der Waals surface area (Å²) in [6.45, 7) is 4.44. The molecular weight excluding hydrogens is 534 g/mol. The van der Waals surface area contributed by atoms with E-state index in [0.717, 1.165) is 6.33 Å². The van der Waals surface area contributed by atoms with Crippen molar-refractivity contribution >= 4 is 29.1 Å². The van der Waals surface area contributed by atoms with Gasteiger partial charge in [0.05, 0.1) is 24.0 Å². The number of ether oxygens (including phenoxy) is 1. The van der Waals surface area contributed by atoms with E-state index in [-0.39, 0.29) is 46.4 Å².